The third kappa shape index (κ3) is 3.41. The standard InChI is InChI=1S/C25H37NO4S/c1-17(2)21-12-13-24(7)19(4)14-26(31(27,28)20-10-8-18(3)9-11-20)22(21)25(24)29-15-23(5,6)16-30-25/h8-11,17,21-22H,4,12-16H2,1-3,5-7H3. The molecule has 1 aliphatic carbocycles. The Balaban J connectivity index is 1.87. The van der Waals surface area contributed by atoms with Crippen molar-refractivity contribution >= 4 is 10.0 Å². The molecule has 2 saturated heterocycles. The molecule has 5 nitrogen and oxygen atoms in total. The van der Waals surface area contributed by atoms with Gasteiger partial charge in [0.25, 0.3) is 0 Å². The molecule has 3 atom stereocenters. The average molecular weight is 448 g/mol. The fourth-order valence-electron chi connectivity index (χ4n) is 5.64. The van der Waals surface area contributed by atoms with Gasteiger partial charge in [0, 0.05) is 17.4 Å². The maximum atomic E-state index is 13.9. The lowest BCUT2D eigenvalue weighted by Gasteiger charge is -2.66. The molecule has 1 saturated carbocycles. The van der Waals surface area contributed by atoms with Crippen molar-refractivity contribution in [2.75, 3.05) is 19.8 Å². The first-order valence-corrected chi connectivity index (χ1v) is 12.8. The zero-order valence-corrected chi connectivity index (χ0v) is 20.6. The predicted molar refractivity (Wildman–Crippen MR) is 122 cm³/mol. The van der Waals surface area contributed by atoms with Gasteiger partial charge in [-0.3, -0.25) is 0 Å². The first kappa shape index (κ1) is 23.0. The summed E-state index contributed by atoms with van der Waals surface area (Å²) in [5.74, 6) is -0.568. The molecule has 0 amide bonds. The van der Waals surface area contributed by atoms with E-state index in [0.29, 0.717) is 30.6 Å². The van der Waals surface area contributed by atoms with Crippen LogP contribution in [0.25, 0.3) is 0 Å². The number of nitrogens with zero attached hydrogens (tertiary/aromatic N) is 1. The molecular weight excluding hydrogens is 410 g/mol. The number of piperidine rings is 1. The Morgan fingerprint density at radius 3 is 2.23 bits per heavy atom. The molecule has 2 aliphatic heterocycles. The fourth-order valence-corrected chi connectivity index (χ4v) is 7.31. The van der Waals surface area contributed by atoms with Gasteiger partial charge < -0.3 is 9.47 Å². The molecule has 2 bridgehead atoms. The predicted octanol–water partition coefficient (Wildman–Crippen LogP) is 4.77. The molecule has 1 aromatic carbocycles. The van der Waals surface area contributed by atoms with E-state index in [1.54, 1.807) is 16.4 Å². The summed E-state index contributed by atoms with van der Waals surface area (Å²) in [6.45, 7) is 18.5. The highest BCUT2D eigenvalue weighted by atomic mass is 32.2. The number of hydrogen-bond donors (Lipinski definition) is 0. The quantitative estimate of drug-likeness (QED) is 0.627. The maximum Gasteiger partial charge on any atom is 0.243 e. The first-order valence-electron chi connectivity index (χ1n) is 11.4. The fraction of sp³-hybridized carbons (Fsp3) is 0.680. The Morgan fingerprint density at radius 2 is 1.68 bits per heavy atom. The summed E-state index contributed by atoms with van der Waals surface area (Å²) in [4.78, 5) is 0.314. The highest BCUT2D eigenvalue weighted by molar-refractivity contribution is 7.89. The van der Waals surface area contributed by atoms with Crippen LogP contribution in [0.3, 0.4) is 0 Å². The van der Waals surface area contributed by atoms with E-state index in [4.69, 9.17) is 9.47 Å². The van der Waals surface area contributed by atoms with Crippen molar-refractivity contribution in [3.8, 4) is 0 Å². The number of ether oxygens (including phenoxy) is 2. The van der Waals surface area contributed by atoms with Crippen molar-refractivity contribution in [3.63, 3.8) is 0 Å². The van der Waals surface area contributed by atoms with E-state index < -0.39 is 21.2 Å². The van der Waals surface area contributed by atoms with Gasteiger partial charge in [0.15, 0.2) is 5.79 Å². The second kappa shape index (κ2) is 7.41. The van der Waals surface area contributed by atoms with E-state index in [9.17, 15) is 8.42 Å². The Labute approximate surface area is 187 Å². The van der Waals surface area contributed by atoms with Crippen LogP contribution in [0.4, 0.5) is 0 Å². The molecule has 6 heteroatoms. The van der Waals surface area contributed by atoms with Gasteiger partial charge in [-0.05, 0) is 43.7 Å². The average Bonchev–Trinajstić information content (AvgIpc) is 2.68. The molecule has 0 aromatic heterocycles. The van der Waals surface area contributed by atoms with Crippen molar-refractivity contribution < 1.29 is 17.9 Å². The normalized spacial score (nSPS) is 33.1. The lowest BCUT2D eigenvalue weighted by atomic mass is 9.56. The minimum Gasteiger partial charge on any atom is -0.347 e. The second-order valence-corrected chi connectivity index (χ2v) is 13.0. The monoisotopic (exact) mass is 447 g/mol. The van der Waals surface area contributed by atoms with Gasteiger partial charge in [0.2, 0.25) is 10.0 Å². The number of sulfonamides is 1. The van der Waals surface area contributed by atoms with Crippen LogP contribution in [-0.2, 0) is 19.5 Å². The first-order chi connectivity index (χ1) is 14.3. The highest BCUT2D eigenvalue weighted by Crippen LogP contribution is 2.61. The molecule has 0 N–H and O–H groups in total. The Morgan fingerprint density at radius 1 is 1.10 bits per heavy atom. The Hall–Kier alpha value is -1.21. The topological polar surface area (TPSA) is 55.8 Å². The second-order valence-electron chi connectivity index (χ2n) is 11.1. The van der Waals surface area contributed by atoms with Crippen molar-refractivity contribution in [1.29, 1.82) is 0 Å². The van der Waals surface area contributed by atoms with Crippen molar-refractivity contribution in [2.24, 2.45) is 22.7 Å². The molecule has 31 heavy (non-hydrogen) atoms. The van der Waals surface area contributed by atoms with Gasteiger partial charge in [-0.1, -0.05) is 64.5 Å². The summed E-state index contributed by atoms with van der Waals surface area (Å²) in [5.41, 5.74) is 1.38. The van der Waals surface area contributed by atoms with Gasteiger partial charge in [-0.15, -0.1) is 0 Å². The zero-order valence-electron chi connectivity index (χ0n) is 19.8. The van der Waals surface area contributed by atoms with Crippen LogP contribution in [0, 0.1) is 29.6 Å². The lowest BCUT2D eigenvalue weighted by molar-refractivity contribution is -0.381. The van der Waals surface area contributed by atoms with E-state index in [1.165, 1.54) is 0 Å². The number of rotatable bonds is 3. The van der Waals surface area contributed by atoms with Crippen molar-refractivity contribution in [3.05, 3.63) is 42.0 Å². The summed E-state index contributed by atoms with van der Waals surface area (Å²) in [6, 6.07) is 6.71. The number of hydrogen-bond acceptors (Lipinski definition) is 4. The summed E-state index contributed by atoms with van der Waals surface area (Å²) in [5, 5.41) is 0. The zero-order chi connectivity index (χ0) is 22.8. The molecule has 2 heterocycles. The van der Waals surface area contributed by atoms with Crippen LogP contribution in [0.15, 0.2) is 41.3 Å². The third-order valence-corrected chi connectivity index (χ3v) is 9.66. The Bertz CT molecular complexity index is 956. The minimum absolute atomic E-state index is 0.108. The van der Waals surface area contributed by atoms with Crippen LogP contribution in [-0.4, -0.2) is 44.3 Å². The van der Waals surface area contributed by atoms with Gasteiger partial charge in [-0.2, -0.15) is 4.31 Å². The summed E-state index contributed by atoms with van der Waals surface area (Å²) in [7, 11) is -3.75. The summed E-state index contributed by atoms with van der Waals surface area (Å²) in [6.07, 6.45) is 1.82. The van der Waals surface area contributed by atoms with E-state index >= 15 is 0 Å². The van der Waals surface area contributed by atoms with Gasteiger partial charge in [0.1, 0.15) is 0 Å². The van der Waals surface area contributed by atoms with Crippen LogP contribution in [0.1, 0.15) is 53.0 Å². The molecule has 1 spiro atoms. The lowest BCUT2D eigenvalue weighted by Crippen LogP contribution is -2.76. The van der Waals surface area contributed by atoms with Gasteiger partial charge in [-0.25, -0.2) is 8.42 Å². The number of aryl methyl sites for hydroxylation is 1. The van der Waals surface area contributed by atoms with Crippen LogP contribution in [0.5, 0.6) is 0 Å². The van der Waals surface area contributed by atoms with E-state index in [2.05, 4.69) is 41.2 Å². The third-order valence-electron chi connectivity index (χ3n) is 7.82. The molecule has 3 unspecified atom stereocenters. The molecular formula is C25H37NO4S. The Kier molecular flexibility index (Phi) is 5.49. The van der Waals surface area contributed by atoms with Gasteiger partial charge in [0.05, 0.1) is 24.2 Å². The SMILES string of the molecule is C=C1CN(S(=O)(=O)c2ccc(C)cc2)C2C(C(C)C)CCC1(C)C21OCC(C)(C)CO1. The van der Waals surface area contributed by atoms with Crippen LogP contribution in [0.2, 0.25) is 0 Å². The van der Waals surface area contributed by atoms with Crippen molar-refractivity contribution in [2.45, 2.75) is 71.1 Å². The molecule has 0 radical (unpaired) electrons. The summed E-state index contributed by atoms with van der Waals surface area (Å²) < 4.78 is 42.8. The highest BCUT2D eigenvalue weighted by Gasteiger charge is 2.69. The number of benzene rings is 1. The van der Waals surface area contributed by atoms with Crippen LogP contribution < -0.4 is 0 Å². The maximum absolute atomic E-state index is 13.9. The largest absolute Gasteiger partial charge is 0.347 e. The summed E-state index contributed by atoms with van der Waals surface area (Å²) >= 11 is 0. The molecule has 3 aliphatic rings. The molecule has 1 aromatic rings. The van der Waals surface area contributed by atoms with E-state index in [1.807, 2.05) is 19.1 Å². The van der Waals surface area contributed by atoms with E-state index in [-0.39, 0.29) is 17.4 Å². The van der Waals surface area contributed by atoms with Gasteiger partial charge >= 0.3 is 0 Å². The van der Waals surface area contributed by atoms with E-state index in [0.717, 1.165) is 24.0 Å². The minimum atomic E-state index is -3.75. The molecule has 4 rings (SSSR count). The molecule has 172 valence electrons. The van der Waals surface area contributed by atoms with Crippen LogP contribution >= 0.6 is 0 Å². The smallest absolute Gasteiger partial charge is 0.243 e. The van der Waals surface area contributed by atoms with Crippen molar-refractivity contribution in [1.82, 2.24) is 4.31 Å². The molecule has 3 fully saturated rings.